The minimum atomic E-state index is 0.0318. The van der Waals surface area contributed by atoms with E-state index in [2.05, 4.69) is 5.10 Å². The van der Waals surface area contributed by atoms with Crippen LogP contribution in [0.4, 0.5) is 0 Å². The molecule has 10 heavy (non-hydrogen) atoms. The molecule has 0 fully saturated rings. The standard InChI is InChI=1S/C7H12N2O/c1-5-4-6(2)9(8-5)7(3)10/h6H,4H2,1-3H3/t6-/m0/s1. The zero-order chi connectivity index (χ0) is 7.72. The molecule has 0 radical (unpaired) electrons. The van der Waals surface area contributed by atoms with Crippen molar-refractivity contribution < 1.29 is 4.79 Å². The van der Waals surface area contributed by atoms with E-state index in [0.29, 0.717) is 0 Å². The molecule has 0 aliphatic carbocycles. The summed E-state index contributed by atoms with van der Waals surface area (Å²) in [5, 5.41) is 5.61. The van der Waals surface area contributed by atoms with E-state index in [4.69, 9.17) is 0 Å². The largest absolute Gasteiger partial charge is 0.273 e. The second-order valence-corrected chi connectivity index (χ2v) is 2.75. The molecule has 3 heteroatoms. The highest BCUT2D eigenvalue weighted by Crippen LogP contribution is 2.13. The van der Waals surface area contributed by atoms with Crippen molar-refractivity contribution >= 4 is 11.6 Å². The number of nitrogens with zero attached hydrogens (tertiary/aromatic N) is 2. The van der Waals surface area contributed by atoms with Gasteiger partial charge in [0.2, 0.25) is 5.91 Å². The van der Waals surface area contributed by atoms with Crippen LogP contribution in [0.15, 0.2) is 5.10 Å². The van der Waals surface area contributed by atoms with Gasteiger partial charge in [-0.25, -0.2) is 5.01 Å². The number of hydrogen-bond donors (Lipinski definition) is 0. The topological polar surface area (TPSA) is 32.7 Å². The summed E-state index contributed by atoms with van der Waals surface area (Å²) in [6.45, 7) is 5.49. The Bertz CT molecular complexity index is 186. The van der Waals surface area contributed by atoms with Gasteiger partial charge in [-0.3, -0.25) is 4.79 Å². The first-order valence-electron chi connectivity index (χ1n) is 3.45. The zero-order valence-corrected chi connectivity index (χ0v) is 6.59. The monoisotopic (exact) mass is 140 g/mol. The van der Waals surface area contributed by atoms with Crippen LogP contribution in [0.1, 0.15) is 27.2 Å². The van der Waals surface area contributed by atoms with Crippen LogP contribution in [0.3, 0.4) is 0 Å². The third kappa shape index (κ3) is 1.17. The van der Waals surface area contributed by atoms with E-state index in [9.17, 15) is 4.79 Å². The van der Waals surface area contributed by atoms with Crippen molar-refractivity contribution in [2.45, 2.75) is 33.2 Å². The fraction of sp³-hybridized carbons (Fsp3) is 0.714. The first-order chi connectivity index (χ1) is 4.61. The second-order valence-electron chi connectivity index (χ2n) is 2.75. The maximum absolute atomic E-state index is 10.8. The van der Waals surface area contributed by atoms with Crippen molar-refractivity contribution in [3.63, 3.8) is 0 Å². The van der Waals surface area contributed by atoms with Crippen molar-refractivity contribution in [1.82, 2.24) is 5.01 Å². The van der Waals surface area contributed by atoms with E-state index >= 15 is 0 Å². The third-order valence-corrected chi connectivity index (χ3v) is 1.61. The number of hydrogen-bond acceptors (Lipinski definition) is 2. The molecular weight excluding hydrogens is 128 g/mol. The minimum absolute atomic E-state index is 0.0318. The Kier molecular flexibility index (Phi) is 1.74. The quantitative estimate of drug-likeness (QED) is 0.494. The molecule has 1 amide bonds. The normalized spacial score (nSPS) is 24.9. The molecule has 0 spiro atoms. The van der Waals surface area contributed by atoms with Gasteiger partial charge in [0.1, 0.15) is 0 Å². The molecule has 0 aromatic rings. The third-order valence-electron chi connectivity index (χ3n) is 1.61. The summed E-state index contributed by atoms with van der Waals surface area (Å²) in [4.78, 5) is 10.8. The van der Waals surface area contributed by atoms with Gasteiger partial charge >= 0.3 is 0 Å². The SMILES string of the molecule is CC(=O)N1N=C(C)C[C@@H]1C. The van der Waals surface area contributed by atoms with Crippen LogP contribution in [-0.4, -0.2) is 22.7 Å². The van der Waals surface area contributed by atoms with E-state index in [1.165, 1.54) is 5.01 Å². The molecule has 1 heterocycles. The molecule has 0 saturated carbocycles. The molecule has 0 saturated heterocycles. The highest BCUT2D eigenvalue weighted by atomic mass is 16.2. The lowest BCUT2D eigenvalue weighted by Gasteiger charge is -2.14. The molecule has 0 aromatic carbocycles. The summed E-state index contributed by atoms with van der Waals surface area (Å²) in [5.41, 5.74) is 1.04. The Morgan fingerprint density at radius 3 is 2.60 bits per heavy atom. The van der Waals surface area contributed by atoms with Crippen molar-refractivity contribution in [2.24, 2.45) is 5.10 Å². The van der Waals surface area contributed by atoms with Gasteiger partial charge in [-0.05, 0) is 13.8 Å². The summed E-state index contributed by atoms with van der Waals surface area (Å²) in [6, 6.07) is 0.262. The van der Waals surface area contributed by atoms with E-state index in [1.807, 2.05) is 13.8 Å². The van der Waals surface area contributed by atoms with Gasteiger partial charge in [0, 0.05) is 19.1 Å². The van der Waals surface area contributed by atoms with Gasteiger partial charge in [-0.1, -0.05) is 0 Å². The van der Waals surface area contributed by atoms with Crippen LogP contribution >= 0.6 is 0 Å². The Morgan fingerprint density at radius 1 is 1.80 bits per heavy atom. The van der Waals surface area contributed by atoms with E-state index in [-0.39, 0.29) is 11.9 Å². The van der Waals surface area contributed by atoms with Crippen LogP contribution in [0, 0.1) is 0 Å². The van der Waals surface area contributed by atoms with Gasteiger partial charge in [0.25, 0.3) is 0 Å². The summed E-state index contributed by atoms with van der Waals surface area (Å²) >= 11 is 0. The average Bonchev–Trinajstić information content (AvgIpc) is 2.10. The number of hydrazone groups is 1. The Hall–Kier alpha value is -0.860. The zero-order valence-electron chi connectivity index (χ0n) is 6.59. The molecule has 56 valence electrons. The van der Waals surface area contributed by atoms with E-state index in [1.54, 1.807) is 6.92 Å². The summed E-state index contributed by atoms with van der Waals surface area (Å²) in [6.07, 6.45) is 0.916. The molecule has 1 aliphatic rings. The minimum Gasteiger partial charge on any atom is -0.273 e. The first-order valence-corrected chi connectivity index (χ1v) is 3.45. The summed E-state index contributed by atoms with van der Waals surface area (Å²) in [7, 11) is 0. The predicted molar refractivity (Wildman–Crippen MR) is 39.7 cm³/mol. The van der Waals surface area contributed by atoms with Gasteiger partial charge < -0.3 is 0 Å². The van der Waals surface area contributed by atoms with Crippen LogP contribution in [-0.2, 0) is 4.79 Å². The predicted octanol–water partition coefficient (Wildman–Crippen LogP) is 1.00. The average molecular weight is 140 g/mol. The lowest BCUT2D eigenvalue weighted by atomic mass is 10.2. The first kappa shape index (κ1) is 7.25. The Balaban J connectivity index is 2.69. The van der Waals surface area contributed by atoms with E-state index in [0.717, 1.165) is 12.1 Å². The highest BCUT2D eigenvalue weighted by Gasteiger charge is 2.22. The Morgan fingerprint density at radius 2 is 2.40 bits per heavy atom. The fourth-order valence-electron chi connectivity index (χ4n) is 1.22. The smallest absolute Gasteiger partial charge is 0.239 e. The van der Waals surface area contributed by atoms with Crippen LogP contribution in [0.2, 0.25) is 0 Å². The lowest BCUT2D eigenvalue weighted by molar-refractivity contribution is -0.130. The lowest BCUT2D eigenvalue weighted by Crippen LogP contribution is -2.27. The van der Waals surface area contributed by atoms with Gasteiger partial charge in [-0.2, -0.15) is 5.10 Å². The van der Waals surface area contributed by atoms with Crippen molar-refractivity contribution in [3.05, 3.63) is 0 Å². The highest BCUT2D eigenvalue weighted by molar-refractivity contribution is 5.87. The van der Waals surface area contributed by atoms with Crippen molar-refractivity contribution in [2.75, 3.05) is 0 Å². The number of amides is 1. The summed E-state index contributed by atoms with van der Waals surface area (Å²) in [5.74, 6) is 0.0318. The summed E-state index contributed by atoms with van der Waals surface area (Å²) < 4.78 is 0. The van der Waals surface area contributed by atoms with Crippen LogP contribution in [0.25, 0.3) is 0 Å². The molecule has 0 bridgehead atoms. The number of carbonyl (C=O) groups excluding carboxylic acids is 1. The molecule has 0 unspecified atom stereocenters. The molecule has 0 aromatic heterocycles. The molecule has 1 rings (SSSR count). The number of rotatable bonds is 0. The molecule has 1 atom stereocenters. The van der Waals surface area contributed by atoms with Gasteiger partial charge in [0.15, 0.2) is 0 Å². The van der Waals surface area contributed by atoms with E-state index < -0.39 is 0 Å². The fourth-order valence-corrected chi connectivity index (χ4v) is 1.22. The van der Waals surface area contributed by atoms with Crippen LogP contribution in [0.5, 0.6) is 0 Å². The molecule has 1 aliphatic heterocycles. The number of carbonyl (C=O) groups is 1. The van der Waals surface area contributed by atoms with Gasteiger partial charge in [0.05, 0.1) is 6.04 Å². The molecule has 0 N–H and O–H groups in total. The second kappa shape index (κ2) is 2.40. The molecular formula is C7H12N2O. The van der Waals surface area contributed by atoms with Crippen LogP contribution < -0.4 is 0 Å². The maximum atomic E-state index is 10.8. The molecule has 3 nitrogen and oxygen atoms in total. The Labute approximate surface area is 60.7 Å². The maximum Gasteiger partial charge on any atom is 0.239 e. The van der Waals surface area contributed by atoms with Crippen molar-refractivity contribution in [3.8, 4) is 0 Å². The van der Waals surface area contributed by atoms with Gasteiger partial charge in [-0.15, -0.1) is 0 Å². The van der Waals surface area contributed by atoms with Crippen molar-refractivity contribution in [1.29, 1.82) is 0 Å².